The average molecular weight is 540 g/mol. The molecule has 0 bridgehead atoms. The van der Waals surface area contributed by atoms with Crippen molar-refractivity contribution in [1.82, 2.24) is 9.97 Å². The molecule has 2 aromatic heterocycles. The van der Waals surface area contributed by atoms with E-state index in [1.165, 1.54) is 18.3 Å². The molecule has 0 atom stereocenters. The molecule has 2 aliphatic heterocycles. The average Bonchev–Trinajstić information content (AvgIpc) is 2.97. The van der Waals surface area contributed by atoms with Gasteiger partial charge in [-0.25, -0.2) is 4.79 Å². The molecule has 0 unspecified atom stereocenters. The number of aryl methyl sites for hydroxylation is 1. The second-order valence-corrected chi connectivity index (χ2v) is 9.94. The number of nitrogens with one attached hydrogen (secondary N) is 1. The van der Waals surface area contributed by atoms with Crippen molar-refractivity contribution in [2.75, 3.05) is 30.0 Å². The number of carboxylic acid groups (broad SMARTS) is 1. The second-order valence-electron chi connectivity index (χ2n) is 9.94. The van der Waals surface area contributed by atoms with Crippen LogP contribution in [0.2, 0.25) is 0 Å². The number of ether oxygens (including phenoxy) is 2. The van der Waals surface area contributed by atoms with Crippen molar-refractivity contribution < 1.29 is 24.2 Å². The molecule has 10 nitrogen and oxygen atoms in total. The van der Waals surface area contributed by atoms with Gasteiger partial charge in [0.15, 0.2) is 0 Å². The summed E-state index contributed by atoms with van der Waals surface area (Å²) in [4.78, 5) is 35.6. The minimum Gasteiger partial charge on any atom is -0.490 e. The Morgan fingerprint density at radius 1 is 1.10 bits per heavy atom. The van der Waals surface area contributed by atoms with Crippen LogP contribution in [0.25, 0.3) is 10.9 Å². The Bertz CT molecular complexity index is 1600. The Labute approximate surface area is 230 Å². The SMILES string of the molecule is NC(=O)c1cnc2cc(N3CCCc4ncccc43)ccc2c1Nc1cc(OC2CCOCC2)cc(C(=O)O)c1. The van der Waals surface area contributed by atoms with E-state index in [1.807, 2.05) is 30.5 Å². The van der Waals surface area contributed by atoms with E-state index in [2.05, 4.69) is 26.3 Å². The maximum atomic E-state index is 12.4. The van der Waals surface area contributed by atoms with E-state index in [9.17, 15) is 14.7 Å². The number of nitrogens with two attached hydrogens (primary N) is 1. The van der Waals surface area contributed by atoms with Gasteiger partial charge in [0.1, 0.15) is 11.9 Å². The van der Waals surface area contributed by atoms with Crippen molar-refractivity contribution >= 4 is 45.5 Å². The van der Waals surface area contributed by atoms with Crippen LogP contribution in [-0.4, -0.2) is 52.8 Å². The van der Waals surface area contributed by atoms with Crippen LogP contribution in [0.5, 0.6) is 5.75 Å². The summed E-state index contributed by atoms with van der Waals surface area (Å²) < 4.78 is 11.5. The highest BCUT2D eigenvalue weighted by Crippen LogP contribution is 2.37. The number of carboxylic acids is 1. The fourth-order valence-electron chi connectivity index (χ4n) is 5.33. The molecule has 2 aromatic carbocycles. The van der Waals surface area contributed by atoms with Gasteiger partial charge in [-0.2, -0.15) is 0 Å². The van der Waals surface area contributed by atoms with Gasteiger partial charge in [0.05, 0.1) is 46.9 Å². The van der Waals surface area contributed by atoms with Crippen molar-refractivity contribution in [3.05, 3.63) is 77.7 Å². The zero-order chi connectivity index (χ0) is 27.6. The summed E-state index contributed by atoms with van der Waals surface area (Å²) in [7, 11) is 0. The fourth-order valence-corrected chi connectivity index (χ4v) is 5.33. The lowest BCUT2D eigenvalue weighted by molar-refractivity contribution is 0.0255. The van der Waals surface area contributed by atoms with Gasteiger partial charge < -0.3 is 30.5 Å². The number of benzene rings is 2. The molecule has 0 saturated carbocycles. The molecule has 0 radical (unpaired) electrons. The van der Waals surface area contributed by atoms with E-state index >= 15 is 0 Å². The Morgan fingerprint density at radius 2 is 1.95 bits per heavy atom. The number of pyridine rings is 2. The number of carbonyl (C=O) groups is 2. The molecule has 1 amide bonds. The lowest BCUT2D eigenvalue weighted by atomic mass is 10.0. The van der Waals surface area contributed by atoms with Gasteiger partial charge >= 0.3 is 5.97 Å². The van der Waals surface area contributed by atoms with Crippen molar-refractivity contribution in [2.45, 2.75) is 31.8 Å². The number of carbonyl (C=O) groups excluding carboxylic acids is 1. The first-order valence-corrected chi connectivity index (χ1v) is 13.3. The monoisotopic (exact) mass is 539 g/mol. The highest BCUT2D eigenvalue weighted by molar-refractivity contribution is 6.08. The molecule has 0 spiro atoms. The van der Waals surface area contributed by atoms with Gasteiger partial charge in [-0.15, -0.1) is 0 Å². The molecule has 1 fully saturated rings. The third-order valence-electron chi connectivity index (χ3n) is 7.28. The number of aromatic carboxylic acids is 1. The van der Waals surface area contributed by atoms with E-state index in [4.69, 9.17) is 15.2 Å². The maximum Gasteiger partial charge on any atom is 0.335 e. The highest BCUT2D eigenvalue weighted by Gasteiger charge is 2.22. The molecular formula is C30H29N5O5. The molecule has 10 heteroatoms. The molecule has 4 N–H and O–H groups in total. The number of rotatable bonds is 7. The summed E-state index contributed by atoms with van der Waals surface area (Å²) >= 11 is 0. The van der Waals surface area contributed by atoms with Gasteiger partial charge in [0.2, 0.25) is 0 Å². The van der Waals surface area contributed by atoms with Gasteiger partial charge in [0.25, 0.3) is 5.91 Å². The van der Waals surface area contributed by atoms with Crippen LogP contribution in [0, 0.1) is 0 Å². The molecule has 4 aromatic rings. The molecule has 4 heterocycles. The summed E-state index contributed by atoms with van der Waals surface area (Å²) in [6.45, 7) is 2.05. The maximum absolute atomic E-state index is 12.4. The van der Waals surface area contributed by atoms with Crippen molar-refractivity contribution in [1.29, 1.82) is 0 Å². The number of anilines is 4. The third kappa shape index (κ3) is 5.13. The first kappa shape index (κ1) is 25.6. The molecule has 204 valence electrons. The predicted molar refractivity (Wildman–Crippen MR) is 151 cm³/mol. The zero-order valence-electron chi connectivity index (χ0n) is 21.8. The van der Waals surface area contributed by atoms with Gasteiger partial charge in [0, 0.05) is 54.6 Å². The number of hydrogen-bond donors (Lipinski definition) is 3. The van der Waals surface area contributed by atoms with E-state index in [0.717, 1.165) is 49.3 Å². The second kappa shape index (κ2) is 10.8. The summed E-state index contributed by atoms with van der Waals surface area (Å²) in [5, 5.41) is 13.7. The van der Waals surface area contributed by atoms with Crippen LogP contribution in [0.15, 0.2) is 60.9 Å². The number of nitrogens with zero attached hydrogens (tertiary/aromatic N) is 3. The van der Waals surface area contributed by atoms with Crippen LogP contribution < -0.4 is 20.7 Å². The van der Waals surface area contributed by atoms with Gasteiger partial charge in [-0.1, -0.05) is 0 Å². The van der Waals surface area contributed by atoms with E-state index in [1.54, 1.807) is 6.07 Å². The van der Waals surface area contributed by atoms with Crippen LogP contribution in [0.3, 0.4) is 0 Å². The van der Waals surface area contributed by atoms with Crippen molar-refractivity contribution in [2.24, 2.45) is 5.73 Å². The quantitative estimate of drug-likeness (QED) is 0.302. The standard InChI is InChI=1S/C30H29N5O5/c31-29(36)24-17-33-26-16-20(35-10-2-3-25-27(35)4-1-9-32-25)5-6-23(26)28(24)34-19-13-18(30(37)38)14-22(15-19)40-21-7-11-39-12-8-21/h1,4-6,9,13-17,21H,2-3,7-8,10-12H2,(H2,31,36)(H,33,34)(H,37,38). The molecule has 2 aliphatic rings. The van der Waals surface area contributed by atoms with Crippen molar-refractivity contribution in [3.8, 4) is 5.75 Å². The number of aromatic nitrogens is 2. The van der Waals surface area contributed by atoms with Crippen LogP contribution in [-0.2, 0) is 11.2 Å². The third-order valence-corrected chi connectivity index (χ3v) is 7.28. The molecule has 1 saturated heterocycles. The fraction of sp³-hybridized carbons (Fsp3) is 0.267. The Morgan fingerprint density at radius 3 is 2.75 bits per heavy atom. The zero-order valence-corrected chi connectivity index (χ0v) is 21.8. The Kier molecular flexibility index (Phi) is 6.91. The smallest absolute Gasteiger partial charge is 0.335 e. The number of hydrogen-bond acceptors (Lipinski definition) is 8. The van der Waals surface area contributed by atoms with E-state index < -0.39 is 11.9 Å². The van der Waals surface area contributed by atoms with Crippen LogP contribution in [0.4, 0.5) is 22.7 Å². The summed E-state index contributed by atoms with van der Waals surface area (Å²) in [5.41, 5.74) is 10.6. The number of primary amides is 1. The Hall–Kier alpha value is -4.70. The van der Waals surface area contributed by atoms with Crippen LogP contribution in [0.1, 0.15) is 45.7 Å². The molecule has 40 heavy (non-hydrogen) atoms. The normalized spacial score (nSPS) is 15.4. The largest absolute Gasteiger partial charge is 0.490 e. The highest BCUT2D eigenvalue weighted by atomic mass is 16.5. The lowest BCUT2D eigenvalue weighted by Crippen LogP contribution is -2.26. The minimum atomic E-state index is -1.09. The van der Waals surface area contributed by atoms with Gasteiger partial charge in [-0.3, -0.25) is 14.8 Å². The first-order chi connectivity index (χ1) is 19.5. The Balaban J connectivity index is 1.38. The lowest BCUT2D eigenvalue weighted by Gasteiger charge is -2.30. The first-order valence-electron chi connectivity index (χ1n) is 13.3. The summed E-state index contributed by atoms with van der Waals surface area (Å²) in [6.07, 6.45) is 6.56. The minimum absolute atomic E-state index is 0.0608. The molecular weight excluding hydrogens is 510 g/mol. The van der Waals surface area contributed by atoms with E-state index in [-0.39, 0.29) is 17.2 Å². The number of fused-ring (bicyclic) bond motifs is 2. The van der Waals surface area contributed by atoms with Crippen LogP contribution >= 0.6 is 0 Å². The summed E-state index contributed by atoms with van der Waals surface area (Å²) in [6, 6.07) is 14.6. The van der Waals surface area contributed by atoms with E-state index in [0.29, 0.717) is 41.2 Å². The van der Waals surface area contributed by atoms with Gasteiger partial charge in [-0.05, 0) is 55.3 Å². The molecule has 0 aliphatic carbocycles. The molecule has 6 rings (SSSR count). The predicted octanol–water partition coefficient (Wildman–Crippen LogP) is 4.81. The number of amides is 1. The van der Waals surface area contributed by atoms with Crippen molar-refractivity contribution in [3.63, 3.8) is 0 Å². The topological polar surface area (TPSA) is 140 Å². The summed E-state index contributed by atoms with van der Waals surface area (Å²) in [5.74, 6) is -1.31.